The smallest absolute Gasteiger partial charge is 0.224 e. The normalized spacial score (nSPS) is 10.6. The van der Waals surface area contributed by atoms with Crippen LogP contribution >= 0.6 is 34.2 Å². The second-order valence-corrected chi connectivity index (χ2v) is 4.01. The van der Waals surface area contributed by atoms with Gasteiger partial charge in [-0.2, -0.15) is 0 Å². The molecular formula is C8H5ClIN3. The van der Waals surface area contributed by atoms with E-state index in [9.17, 15) is 0 Å². The number of rotatable bonds is 0. The fourth-order valence-corrected chi connectivity index (χ4v) is 1.91. The minimum absolute atomic E-state index is 0.189. The SMILES string of the molecule is Nc1nc(Cl)nc2c(I)cccc12. The van der Waals surface area contributed by atoms with E-state index >= 15 is 0 Å². The van der Waals surface area contributed by atoms with Gasteiger partial charge in [-0.05, 0) is 46.3 Å². The number of nitrogens with zero attached hydrogens (tertiary/aromatic N) is 2. The molecule has 0 radical (unpaired) electrons. The fourth-order valence-electron chi connectivity index (χ4n) is 1.11. The van der Waals surface area contributed by atoms with Crippen LogP contribution in [0.5, 0.6) is 0 Å². The Balaban J connectivity index is 2.94. The lowest BCUT2D eigenvalue weighted by atomic mass is 10.2. The lowest BCUT2D eigenvalue weighted by Crippen LogP contribution is -1.95. The summed E-state index contributed by atoms with van der Waals surface area (Å²) in [6, 6.07) is 5.74. The van der Waals surface area contributed by atoms with Gasteiger partial charge in [-0.1, -0.05) is 6.07 Å². The van der Waals surface area contributed by atoms with Crippen LogP contribution in [0.15, 0.2) is 18.2 Å². The van der Waals surface area contributed by atoms with Gasteiger partial charge in [-0.3, -0.25) is 0 Å². The fraction of sp³-hybridized carbons (Fsp3) is 0. The molecule has 0 amide bonds. The highest BCUT2D eigenvalue weighted by Gasteiger charge is 2.05. The third-order valence-electron chi connectivity index (χ3n) is 1.68. The second-order valence-electron chi connectivity index (χ2n) is 2.51. The summed E-state index contributed by atoms with van der Waals surface area (Å²) in [5, 5.41) is 1.03. The van der Waals surface area contributed by atoms with Crippen LogP contribution < -0.4 is 5.73 Å². The average Bonchev–Trinajstić information content (AvgIpc) is 2.07. The summed E-state index contributed by atoms with van der Waals surface area (Å²) in [5.74, 6) is 0.425. The van der Waals surface area contributed by atoms with Gasteiger partial charge in [0.25, 0.3) is 0 Å². The molecule has 0 spiro atoms. The summed E-state index contributed by atoms with van der Waals surface area (Å²) in [6.45, 7) is 0. The number of benzene rings is 1. The summed E-state index contributed by atoms with van der Waals surface area (Å²) in [4.78, 5) is 7.97. The first kappa shape index (κ1) is 8.96. The Bertz CT molecular complexity index is 472. The van der Waals surface area contributed by atoms with Crippen molar-refractivity contribution in [1.29, 1.82) is 0 Å². The zero-order valence-corrected chi connectivity index (χ0v) is 9.37. The van der Waals surface area contributed by atoms with E-state index in [0.29, 0.717) is 5.82 Å². The predicted octanol–water partition coefficient (Wildman–Crippen LogP) is 2.47. The zero-order chi connectivity index (χ0) is 9.42. The van der Waals surface area contributed by atoms with Crippen molar-refractivity contribution in [2.24, 2.45) is 0 Å². The quantitative estimate of drug-likeness (QED) is 0.601. The van der Waals surface area contributed by atoms with Gasteiger partial charge in [0.15, 0.2) is 0 Å². The van der Waals surface area contributed by atoms with Crippen LogP contribution in [-0.4, -0.2) is 9.97 Å². The van der Waals surface area contributed by atoms with Crippen LogP contribution in [0, 0.1) is 3.57 Å². The maximum atomic E-state index is 5.69. The van der Waals surface area contributed by atoms with Crippen LogP contribution in [0.4, 0.5) is 5.82 Å². The number of hydrogen-bond acceptors (Lipinski definition) is 3. The largest absolute Gasteiger partial charge is 0.383 e. The number of anilines is 1. The number of fused-ring (bicyclic) bond motifs is 1. The van der Waals surface area contributed by atoms with Crippen molar-refractivity contribution in [3.8, 4) is 0 Å². The lowest BCUT2D eigenvalue weighted by Gasteiger charge is -2.02. The Morgan fingerprint density at radius 1 is 1.31 bits per heavy atom. The highest BCUT2D eigenvalue weighted by Crippen LogP contribution is 2.23. The van der Waals surface area contributed by atoms with Crippen molar-refractivity contribution >= 4 is 50.9 Å². The molecule has 0 saturated heterocycles. The van der Waals surface area contributed by atoms with E-state index in [1.807, 2.05) is 18.2 Å². The Hall–Kier alpha value is -0.620. The molecule has 1 aromatic heterocycles. The van der Waals surface area contributed by atoms with E-state index < -0.39 is 0 Å². The Morgan fingerprint density at radius 3 is 2.85 bits per heavy atom. The van der Waals surface area contributed by atoms with Crippen molar-refractivity contribution in [2.75, 3.05) is 5.73 Å². The average molecular weight is 306 g/mol. The van der Waals surface area contributed by atoms with Gasteiger partial charge in [0.1, 0.15) is 5.82 Å². The molecule has 2 N–H and O–H groups in total. The van der Waals surface area contributed by atoms with Gasteiger partial charge < -0.3 is 5.73 Å². The lowest BCUT2D eigenvalue weighted by molar-refractivity contribution is 1.23. The number of hydrogen-bond donors (Lipinski definition) is 1. The predicted molar refractivity (Wildman–Crippen MR) is 61.7 cm³/mol. The molecule has 0 aliphatic heterocycles. The second kappa shape index (κ2) is 3.26. The third-order valence-corrected chi connectivity index (χ3v) is 2.72. The molecule has 0 saturated carbocycles. The van der Waals surface area contributed by atoms with Crippen LogP contribution in [0.25, 0.3) is 10.9 Å². The highest BCUT2D eigenvalue weighted by atomic mass is 127. The van der Waals surface area contributed by atoms with Crippen LogP contribution in [0.3, 0.4) is 0 Å². The van der Waals surface area contributed by atoms with E-state index in [4.69, 9.17) is 17.3 Å². The van der Waals surface area contributed by atoms with Crippen molar-refractivity contribution in [2.45, 2.75) is 0 Å². The molecule has 0 fully saturated rings. The molecular weight excluding hydrogens is 300 g/mol. The summed E-state index contributed by atoms with van der Waals surface area (Å²) in [7, 11) is 0. The first-order valence-corrected chi connectivity index (χ1v) is 5.01. The molecule has 1 heterocycles. The molecule has 0 aliphatic rings. The van der Waals surface area contributed by atoms with E-state index in [1.54, 1.807) is 0 Å². The molecule has 1 aromatic carbocycles. The van der Waals surface area contributed by atoms with Gasteiger partial charge >= 0.3 is 0 Å². The summed E-state index contributed by atoms with van der Waals surface area (Å²) >= 11 is 7.88. The number of para-hydroxylation sites is 1. The van der Waals surface area contributed by atoms with Gasteiger partial charge in [-0.25, -0.2) is 9.97 Å². The molecule has 5 heteroatoms. The van der Waals surface area contributed by atoms with Gasteiger partial charge in [0, 0.05) is 8.96 Å². The van der Waals surface area contributed by atoms with Crippen LogP contribution in [-0.2, 0) is 0 Å². The topological polar surface area (TPSA) is 51.8 Å². The summed E-state index contributed by atoms with van der Waals surface area (Å²) in [6.07, 6.45) is 0. The van der Waals surface area contributed by atoms with Gasteiger partial charge in [-0.15, -0.1) is 0 Å². The molecule has 3 nitrogen and oxygen atoms in total. The minimum atomic E-state index is 0.189. The third kappa shape index (κ3) is 1.55. The minimum Gasteiger partial charge on any atom is -0.383 e. The molecule has 66 valence electrons. The number of halogens is 2. The van der Waals surface area contributed by atoms with Crippen molar-refractivity contribution in [1.82, 2.24) is 9.97 Å². The van der Waals surface area contributed by atoms with Crippen molar-refractivity contribution in [3.05, 3.63) is 27.1 Å². The summed E-state index contributed by atoms with van der Waals surface area (Å²) in [5.41, 5.74) is 6.49. The van der Waals surface area contributed by atoms with Crippen molar-refractivity contribution < 1.29 is 0 Å². The van der Waals surface area contributed by atoms with Gasteiger partial charge in [0.05, 0.1) is 5.52 Å². The first-order valence-electron chi connectivity index (χ1n) is 3.56. The molecule has 2 rings (SSSR count). The van der Waals surface area contributed by atoms with E-state index in [2.05, 4.69) is 32.6 Å². The Kier molecular flexibility index (Phi) is 2.25. The van der Waals surface area contributed by atoms with E-state index in [0.717, 1.165) is 14.5 Å². The Morgan fingerprint density at radius 2 is 2.08 bits per heavy atom. The van der Waals surface area contributed by atoms with Crippen LogP contribution in [0.1, 0.15) is 0 Å². The van der Waals surface area contributed by atoms with E-state index in [1.165, 1.54) is 0 Å². The van der Waals surface area contributed by atoms with Gasteiger partial charge in [0.2, 0.25) is 5.28 Å². The summed E-state index contributed by atoms with van der Waals surface area (Å²) < 4.78 is 1.02. The highest BCUT2D eigenvalue weighted by molar-refractivity contribution is 14.1. The standard InChI is InChI=1S/C8H5ClIN3/c9-8-12-6-4(7(11)13-8)2-1-3-5(6)10/h1-3H,(H2,11,12,13). The molecule has 0 atom stereocenters. The molecule has 0 unspecified atom stereocenters. The number of aromatic nitrogens is 2. The first-order chi connectivity index (χ1) is 6.18. The molecule has 13 heavy (non-hydrogen) atoms. The number of nitrogens with two attached hydrogens (primary N) is 1. The Labute approximate surface area is 93.5 Å². The number of nitrogen functional groups attached to an aromatic ring is 1. The van der Waals surface area contributed by atoms with Crippen molar-refractivity contribution in [3.63, 3.8) is 0 Å². The maximum absolute atomic E-state index is 5.69. The van der Waals surface area contributed by atoms with E-state index in [-0.39, 0.29) is 5.28 Å². The monoisotopic (exact) mass is 305 g/mol. The zero-order valence-electron chi connectivity index (χ0n) is 6.46. The molecule has 0 bridgehead atoms. The van der Waals surface area contributed by atoms with Crippen LogP contribution in [0.2, 0.25) is 5.28 Å². The maximum Gasteiger partial charge on any atom is 0.224 e. The molecule has 2 aromatic rings. The molecule has 0 aliphatic carbocycles.